The van der Waals surface area contributed by atoms with Crippen molar-refractivity contribution < 1.29 is 150 Å². The third kappa shape index (κ3) is 26.7. The molecule has 122 heavy (non-hydrogen) atoms. The minimum Gasteiger partial charge on any atom is -0.870 e. The van der Waals surface area contributed by atoms with Crippen molar-refractivity contribution in [1.29, 1.82) is 0 Å². The van der Waals surface area contributed by atoms with E-state index in [0.29, 0.717) is 51.4 Å². The molecule has 0 radical (unpaired) electrons. The fourth-order valence-corrected chi connectivity index (χ4v) is 16.1. The molecule has 0 aromatic heterocycles. The third-order valence-electron chi connectivity index (χ3n) is 22.6. The Bertz CT molecular complexity index is 3980. The number of carbonyl (C=O) groups excluding carboxylic acids is 5. The van der Waals surface area contributed by atoms with Crippen molar-refractivity contribution in [2.75, 3.05) is 7.15 Å². The average Bonchev–Trinajstić information content (AvgIpc) is 1.83. The number of ether oxygens (including phenoxy) is 17. The minimum atomic E-state index is -1.33. The molecule has 33 heteroatoms. The molecule has 9 aliphatic rings. The molecule has 2 saturated carbocycles. The summed E-state index contributed by atoms with van der Waals surface area (Å²) in [5.74, 6) is -0.882. The Balaban J connectivity index is 0.000000266. The largest absolute Gasteiger partial charge is 1.00 e. The number of hydrogen-bond acceptors (Lipinski definition) is 27. The summed E-state index contributed by atoms with van der Waals surface area (Å²) >= 11 is 0. The zero-order valence-electron chi connectivity index (χ0n) is 71.6. The first-order valence-corrected chi connectivity index (χ1v) is 41.9. The summed E-state index contributed by atoms with van der Waals surface area (Å²) < 4.78 is 121. The SMILES string of the molecule is CC[C@H]1C=C[C@@H](NC(=O)OCc2ccccc2)[C@@H](O[C@H]2[C@@H](O)[C@H](O[C@@H]3[C@@H](O)[C@H](N)C[C@H](C)[C@H]3O[C@H]3O[C@H](CC)C=C[C@H]3NC(=O)OCc3ccccc3)O[C@@H]2CC)O1.CC[C@H]1C=C[C@@H](NC(=O)OCc2ccccc2)[C@@H](O[C@H]2[C@@H](O)[C@H](O[C@@H]3[C@H]4OC(=O)C[C@@H]4C[C@H](C)[C@H]3O[C@H]3O[C@H](CC)C=C[C@H]3NC(=O)OCc3ccccc3)O[C@@H]2CC)O1.[2H]CF.[Li+].[OH-]. The normalized spacial score (nSPS) is 34.9. The van der Waals surface area contributed by atoms with Crippen LogP contribution in [-0.2, 0) is 112 Å². The van der Waals surface area contributed by atoms with Crippen molar-refractivity contribution in [2.45, 2.75) is 305 Å². The molecule has 2 aliphatic carbocycles. The maximum Gasteiger partial charge on any atom is 1.00 e. The molecule has 7 aliphatic heterocycles. The second kappa shape index (κ2) is 48.6. The van der Waals surface area contributed by atoms with Gasteiger partial charge in [-0.2, -0.15) is 0 Å². The third-order valence-corrected chi connectivity index (χ3v) is 22.6. The molecule has 3 saturated heterocycles. The van der Waals surface area contributed by atoms with Crippen molar-refractivity contribution in [3.8, 4) is 0 Å². The van der Waals surface area contributed by atoms with E-state index in [0.717, 1.165) is 22.3 Å². The van der Waals surface area contributed by atoms with Gasteiger partial charge in [-0.3, -0.25) is 9.18 Å². The fraction of sp³-hybridized carbons (Fsp3) is 0.584. The van der Waals surface area contributed by atoms with Crippen LogP contribution in [0.2, 0.25) is 0 Å². The molecule has 7 heterocycles. The molecule has 0 spiro atoms. The molecule has 4 amide bonds. The molecule has 4 aromatic carbocycles. The van der Waals surface area contributed by atoms with Crippen LogP contribution in [0.15, 0.2) is 170 Å². The topological polar surface area (TPSA) is 407 Å². The van der Waals surface area contributed by atoms with Gasteiger partial charge in [0, 0.05) is 12.0 Å². The van der Waals surface area contributed by atoms with Gasteiger partial charge in [0.05, 0.1) is 69.9 Å². The van der Waals surface area contributed by atoms with Crippen molar-refractivity contribution in [3.63, 3.8) is 0 Å². The number of alkyl carbamates (subject to hydrolysis) is 4. The number of alkyl halides is 1. The number of aliphatic hydroxyl groups excluding tert-OH is 3. The molecule has 13 rings (SSSR count). The smallest absolute Gasteiger partial charge is 0.870 e. The summed E-state index contributed by atoms with van der Waals surface area (Å²) in [7, 11) is -1.00. The molecule has 666 valence electrons. The number of nitrogens with two attached hydrogens (primary N) is 1. The van der Waals surface area contributed by atoms with Crippen molar-refractivity contribution in [1.82, 2.24) is 21.3 Å². The zero-order chi connectivity index (χ0) is 86.1. The molecule has 0 unspecified atom stereocenters. The number of amides is 4. The van der Waals surface area contributed by atoms with E-state index in [1.54, 1.807) is 12.2 Å². The van der Waals surface area contributed by atoms with Crippen LogP contribution in [-0.4, -0.2) is 224 Å². The van der Waals surface area contributed by atoms with Crippen LogP contribution in [0.3, 0.4) is 0 Å². The second-order valence-electron chi connectivity index (χ2n) is 31.3. The Hall–Kier alpha value is -7.76. The van der Waals surface area contributed by atoms with Crippen LogP contribution in [0.1, 0.15) is 137 Å². The number of carbonyl (C=O) groups is 5. The quantitative estimate of drug-likeness (QED) is 0.0110. The van der Waals surface area contributed by atoms with Gasteiger partial charge in [0.2, 0.25) is 0 Å². The Morgan fingerprint density at radius 2 is 0.705 bits per heavy atom. The van der Waals surface area contributed by atoms with Gasteiger partial charge in [0.15, 0.2) is 37.7 Å². The number of aliphatic hydroxyl groups is 3. The molecule has 0 bridgehead atoms. The fourth-order valence-electron chi connectivity index (χ4n) is 16.1. The monoisotopic (exact) mass is 1700 g/mol. The van der Waals surface area contributed by atoms with Gasteiger partial charge in [-0.25, -0.2) is 19.2 Å². The second-order valence-corrected chi connectivity index (χ2v) is 31.3. The van der Waals surface area contributed by atoms with Crippen LogP contribution >= 0.6 is 0 Å². The Morgan fingerprint density at radius 3 is 1.02 bits per heavy atom. The molecule has 5 fully saturated rings. The van der Waals surface area contributed by atoms with E-state index in [1.807, 2.05) is 213 Å². The van der Waals surface area contributed by atoms with E-state index < -0.39 is 173 Å². The Kier molecular flexibility index (Phi) is 38.5. The van der Waals surface area contributed by atoms with E-state index >= 15 is 0 Å². The first kappa shape index (κ1) is 96.5. The van der Waals surface area contributed by atoms with E-state index in [2.05, 4.69) is 21.3 Å². The summed E-state index contributed by atoms with van der Waals surface area (Å²) in [4.78, 5) is 64.5. The van der Waals surface area contributed by atoms with Crippen LogP contribution in [0.4, 0.5) is 23.6 Å². The van der Waals surface area contributed by atoms with Gasteiger partial charge in [0.1, 0.15) is 93.3 Å². The Labute approximate surface area is 726 Å². The van der Waals surface area contributed by atoms with Crippen LogP contribution in [0.25, 0.3) is 0 Å². The van der Waals surface area contributed by atoms with Gasteiger partial charge in [0.25, 0.3) is 0 Å². The van der Waals surface area contributed by atoms with E-state index in [-0.39, 0.29) is 105 Å². The predicted octanol–water partition coefficient (Wildman–Crippen LogP) is 7.33. The maximum atomic E-state index is 13.0. The van der Waals surface area contributed by atoms with E-state index in [4.69, 9.17) is 87.6 Å². The van der Waals surface area contributed by atoms with E-state index in [1.165, 1.54) is 0 Å². The molecule has 31 nitrogen and oxygen atoms in total. The summed E-state index contributed by atoms with van der Waals surface area (Å²) in [5, 5.41) is 46.6. The molecule has 30 atom stereocenters. The van der Waals surface area contributed by atoms with E-state index in [9.17, 15) is 43.7 Å². The number of fused-ring (bicyclic) bond motifs is 1. The van der Waals surface area contributed by atoms with Gasteiger partial charge in [-0.15, -0.1) is 0 Å². The standard InChI is InChI=1S/C45H58N2O13.C43H59N3O12.CH3F.Li.H2O/c1-5-30-18-20-32(46-44(50)52-24-27-14-10-8-11-15-27)41(54-30)58-37-26(4)22-29-23-35(48)57-38(29)40(37)60-43-36(49)39(34(7-3)56-43)59-42-33(21-19-31(6-2)55-42)47-45(51)53-25-28-16-12-9-13-17-28;1-5-28-18-20-31(45-42(49)51-23-26-14-10-8-11-15-26)39(53-28)56-36-25(4)22-30(44)34(47)38(36)58-41-35(48)37(33(7-3)55-41)57-40-32(21-19-29(6-2)54-40)46-43(50)52-24-27-16-12-9-13-17-27;1-2;;/h8-21,26,29-34,36-43,49H,5-7,22-25H2,1-4H3,(H,46,50)(H,47,51);8-21,25,28-41,47-48H,5-7,22-24,44H2,1-4H3,(H,45,49)(H,46,50);1H3;;1H2/q;;;+1;/p-1/t26-,29-,30+,31-,32+,33+,34+,36+,37+,38-,39+,40-,41+,42+,43-;25-,28+,29-,30+,31+,32+,33+,34-,35+,36+,37+,38+,39+,40+,41-;;;/m00.../s1/i;;1D;;. The van der Waals surface area contributed by atoms with Crippen molar-refractivity contribution in [3.05, 3.63) is 192 Å². The number of benzene rings is 4. The zero-order valence-corrected chi connectivity index (χ0v) is 70.6. The summed E-state index contributed by atoms with van der Waals surface area (Å²) in [6.07, 6.45) is -1.75. The first-order valence-electron chi connectivity index (χ1n) is 42.6. The van der Waals surface area contributed by atoms with Gasteiger partial charge >= 0.3 is 49.2 Å². The summed E-state index contributed by atoms with van der Waals surface area (Å²) in [6, 6.07) is 33.8. The van der Waals surface area contributed by atoms with Crippen molar-refractivity contribution in [2.24, 2.45) is 23.5 Å². The number of nitrogens with one attached hydrogen (secondary N) is 4. The predicted molar refractivity (Wildman–Crippen MR) is 434 cm³/mol. The number of halogens is 1. The van der Waals surface area contributed by atoms with Crippen LogP contribution < -0.4 is 45.9 Å². The van der Waals surface area contributed by atoms with Crippen LogP contribution in [0, 0.1) is 17.8 Å². The van der Waals surface area contributed by atoms with Gasteiger partial charge in [-0.05, 0) is 85.5 Å². The van der Waals surface area contributed by atoms with Gasteiger partial charge in [-0.1, -0.05) is 225 Å². The van der Waals surface area contributed by atoms with Crippen molar-refractivity contribution >= 4 is 30.3 Å². The molecular weight excluding hydrogens is 1580 g/mol. The number of rotatable bonds is 30. The number of esters is 1. The summed E-state index contributed by atoms with van der Waals surface area (Å²) in [5.41, 5.74) is 9.79. The average molecular weight is 1700 g/mol. The molecular formula is C89H121FLiN5O26. The molecule has 10 N–H and O–H groups in total. The molecule has 4 aromatic rings. The first-order chi connectivity index (χ1) is 58.6. The van der Waals surface area contributed by atoms with Gasteiger partial charge < -0.3 is 128 Å². The summed E-state index contributed by atoms with van der Waals surface area (Å²) in [6.45, 7) is 16.0. The van der Waals surface area contributed by atoms with Crippen LogP contribution in [0.5, 0.6) is 0 Å². The maximum absolute atomic E-state index is 13.0. The Morgan fingerprint density at radius 1 is 0.418 bits per heavy atom. The number of hydrogen-bond donors (Lipinski definition) is 8. The minimum absolute atomic E-state index is 0.